The van der Waals surface area contributed by atoms with E-state index in [9.17, 15) is 4.79 Å². The zero-order valence-electron chi connectivity index (χ0n) is 6.03. The number of halogens is 1. The first-order valence-corrected chi connectivity index (χ1v) is 4.90. The summed E-state index contributed by atoms with van der Waals surface area (Å²) in [7, 11) is 0. The second-order valence-corrected chi connectivity index (χ2v) is 3.98. The molecular weight excluding hydrogens is 210 g/mol. The summed E-state index contributed by atoms with van der Waals surface area (Å²) in [6, 6.07) is 0. The van der Waals surface area contributed by atoms with Crippen molar-refractivity contribution < 1.29 is 9.90 Å². The van der Waals surface area contributed by atoms with Crippen LogP contribution >= 0.6 is 15.9 Å². The molecule has 0 aromatic carbocycles. The van der Waals surface area contributed by atoms with Gasteiger partial charge in [0.2, 0.25) is 0 Å². The molecule has 0 aromatic heterocycles. The van der Waals surface area contributed by atoms with Gasteiger partial charge in [0.1, 0.15) is 0 Å². The summed E-state index contributed by atoms with van der Waals surface area (Å²) in [4.78, 5) is 12.0. The van der Waals surface area contributed by atoms with Gasteiger partial charge in [0.25, 0.3) is 0 Å². The van der Waals surface area contributed by atoms with E-state index in [0.717, 1.165) is 24.3 Å². The molecule has 1 heterocycles. The Morgan fingerprint density at radius 1 is 1.55 bits per heavy atom. The van der Waals surface area contributed by atoms with Crippen molar-refractivity contribution in [3.05, 3.63) is 0 Å². The lowest BCUT2D eigenvalue weighted by atomic mass is 10.3. The maximum absolute atomic E-state index is 10.5. The van der Waals surface area contributed by atoms with Gasteiger partial charge in [-0.25, -0.2) is 4.79 Å². The Balaban J connectivity index is 1.89. The highest BCUT2D eigenvalue weighted by Crippen LogP contribution is 2.52. The van der Waals surface area contributed by atoms with Crippen molar-refractivity contribution >= 4 is 22.0 Å². The number of fused-ring (bicyclic) bond motifs is 1. The van der Waals surface area contributed by atoms with Gasteiger partial charge in [0.05, 0.1) is 0 Å². The van der Waals surface area contributed by atoms with Crippen molar-refractivity contribution in [2.24, 2.45) is 17.8 Å². The van der Waals surface area contributed by atoms with Gasteiger partial charge in [-0.3, -0.25) is 0 Å². The van der Waals surface area contributed by atoms with Crippen LogP contribution in [0.4, 0.5) is 4.79 Å². The third kappa shape index (κ3) is 1.04. The highest BCUT2D eigenvalue weighted by molar-refractivity contribution is 9.09. The predicted molar refractivity (Wildman–Crippen MR) is 43.9 cm³/mol. The van der Waals surface area contributed by atoms with Crippen molar-refractivity contribution in [1.29, 1.82) is 0 Å². The van der Waals surface area contributed by atoms with E-state index in [4.69, 9.17) is 5.11 Å². The van der Waals surface area contributed by atoms with Crippen molar-refractivity contribution in [1.82, 2.24) is 4.90 Å². The molecule has 0 bridgehead atoms. The largest absolute Gasteiger partial charge is 0.465 e. The number of carbonyl (C=O) groups is 1. The van der Waals surface area contributed by atoms with Crippen LogP contribution in [-0.2, 0) is 0 Å². The molecule has 0 radical (unpaired) electrons. The standard InChI is InChI=1S/C7H10BrNO2/c8-1-4-5-2-9(7(10)11)3-6(4)5/h4-6H,1-3H2,(H,10,11)/t4-,5-,6+. The third-order valence-corrected chi connectivity index (χ3v) is 3.57. The minimum Gasteiger partial charge on any atom is -0.465 e. The molecule has 0 spiro atoms. The number of hydrogen-bond donors (Lipinski definition) is 1. The van der Waals surface area contributed by atoms with Gasteiger partial charge in [-0.1, -0.05) is 15.9 Å². The highest BCUT2D eigenvalue weighted by Gasteiger charge is 2.55. The van der Waals surface area contributed by atoms with E-state index in [-0.39, 0.29) is 0 Å². The smallest absolute Gasteiger partial charge is 0.407 e. The fourth-order valence-corrected chi connectivity index (χ4v) is 2.99. The summed E-state index contributed by atoms with van der Waals surface area (Å²) < 4.78 is 0. The summed E-state index contributed by atoms with van der Waals surface area (Å²) in [5.41, 5.74) is 0. The monoisotopic (exact) mass is 219 g/mol. The van der Waals surface area contributed by atoms with Crippen LogP contribution in [0.2, 0.25) is 0 Å². The summed E-state index contributed by atoms with van der Waals surface area (Å²) in [5.74, 6) is 2.07. The van der Waals surface area contributed by atoms with Crippen LogP contribution in [-0.4, -0.2) is 34.5 Å². The van der Waals surface area contributed by atoms with Crippen LogP contribution in [0.25, 0.3) is 0 Å². The van der Waals surface area contributed by atoms with Gasteiger partial charge < -0.3 is 10.0 Å². The van der Waals surface area contributed by atoms with Gasteiger partial charge in [-0.15, -0.1) is 0 Å². The molecule has 0 unspecified atom stereocenters. The summed E-state index contributed by atoms with van der Waals surface area (Å²) in [6.07, 6.45) is -0.759. The minimum atomic E-state index is -0.759. The molecule has 1 aliphatic carbocycles. The van der Waals surface area contributed by atoms with Gasteiger partial charge in [-0.2, -0.15) is 0 Å². The lowest BCUT2D eigenvalue weighted by Gasteiger charge is -2.14. The highest BCUT2D eigenvalue weighted by atomic mass is 79.9. The maximum Gasteiger partial charge on any atom is 0.407 e. The molecule has 3 atom stereocenters. The van der Waals surface area contributed by atoms with Crippen LogP contribution < -0.4 is 0 Å². The van der Waals surface area contributed by atoms with Crippen LogP contribution in [0.15, 0.2) is 0 Å². The summed E-state index contributed by atoms with van der Waals surface area (Å²) in [5, 5.41) is 9.66. The van der Waals surface area contributed by atoms with Crippen molar-refractivity contribution in [2.45, 2.75) is 0 Å². The van der Waals surface area contributed by atoms with Gasteiger partial charge in [0, 0.05) is 18.4 Å². The van der Waals surface area contributed by atoms with Crippen LogP contribution in [0, 0.1) is 17.8 Å². The lowest BCUT2D eigenvalue weighted by molar-refractivity contribution is 0.149. The van der Waals surface area contributed by atoms with E-state index < -0.39 is 6.09 Å². The molecule has 1 N–H and O–H groups in total. The van der Waals surface area contributed by atoms with E-state index in [0.29, 0.717) is 11.8 Å². The zero-order valence-corrected chi connectivity index (χ0v) is 7.62. The number of alkyl halides is 1. The van der Waals surface area contributed by atoms with E-state index in [1.165, 1.54) is 4.90 Å². The second-order valence-electron chi connectivity index (χ2n) is 3.33. The van der Waals surface area contributed by atoms with Gasteiger partial charge in [0.15, 0.2) is 0 Å². The first-order chi connectivity index (χ1) is 5.24. The SMILES string of the molecule is O=C(O)N1C[C@@H]2[C@@H](CBr)[C@@H]2C1. The van der Waals surface area contributed by atoms with Crippen LogP contribution in [0.3, 0.4) is 0 Å². The maximum atomic E-state index is 10.5. The number of hydrogen-bond acceptors (Lipinski definition) is 1. The zero-order chi connectivity index (χ0) is 8.01. The number of likely N-dealkylation sites (tertiary alicyclic amines) is 1. The fraction of sp³-hybridized carbons (Fsp3) is 0.857. The molecule has 62 valence electrons. The molecule has 4 heteroatoms. The average Bonchev–Trinajstić information content (AvgIpc) is 2.41. The second kappa shape index (κ2) is 2.37. The summed E-state index contributed by atoms with van der Waals surface area (Å²) >= 11 is 3.42. The number of amides is 1. The predicted octanol–water partition coefficient (Wildman–Crippen LogP) is 1.24. The quantitative estimate of drug-likeness (QED) is 0.675. The molecule has 11 heavy (non-hydrogen) atoms. The number of rotatable bonds is 1. The Kier molecular flexibility index (Phi) is 1.59. The third-order valence-electron chi connectivity index (χ3n) is 2.82. The van der Waals surface area contributed by atoms with Crippen molar-refractivity contribution in [3.63, 3.8) is 0 Å². The van der Waals surface area contributed by atoms with Gasteiger partial charge >= 0.3 is 6.09 Å². The Hall–Kier alpha value is -0.250. The Morgan fingerprint density at radius 2 is 2.09 bits per heavy atom. The summed E-state index contributed by atoms with van der Waals surface area (Å²) in [6.45, 7) is 1.52. The lowest BCUT2D eigenvalue weighted by Crippen LogP contribution is -2.29. The molecule has 0 aromatic rings. The van der Waals surface area contributed by atoms with Gasteiger partial charge in [-0.05, 0) is 17.8 Å². The van der Waals surface area contributed by atoms with E-state index in [1.807, 2.05) is 0 Å². The number of carboxylic acid groups (broad SMARTS) is 1. The molecule has 1 aliphatic heterocycles. The molecule has 2 rings (SSSR count). The molecule has 3 nitrogen and oxygen atoms in total. The van der Waals surface area contributed by atoms with Crippen molar-refractivity contribution in [3.8, 4) is 0 Å². The topological polar surface area (TPSA) is 40.5 Å². The average molecular weight is 220 g/mol. The fourth-order valence-electron chi connectivity index (χ4n) is 2.03. The normalized spacial score (nSPS) is 40.5. The number of piperidine rings is 1. The molecule has 2 aliphatic rings. The minimum absolute atomic E-state index is 0.658. The molecule has 2 fully saturated rings. The first kappa shape index (κ1) is 7.40. The van der Waals surface area contributed by atoms with E-state index >= 15 is 0 Å². The molecule has 1 saturated heterocycles. The Bertz CT molecular complexity index is 185. The van der Waals surface area contributed by atoms with E-state index in [2.05, 4.69) is 15.9 Å². The van der Waals surface area contributed by atoms with Crippen LogP contribution in [0.5, 0.6) is 0 Å². The van der Waals surface area contributed by atoms with Crippen LogP contribution in [0.1, 0.15) is 0 Å². The molecular formula is C7H10BrNO2. The molecule has 1 amide bonds. The van der Waals surface area contributed by atoms with E-state index in [1.54, 1.807) is 0 Å². The molecule has 1 saturated carbocycles. The first-order valence-electron chi connectivity index (χ1n) is 3.78. The number of nitrogens with zero attached hydrogens (tertiary/aromatic N) is 1. The Morgan fingerprint density at radius 3 is 2.45 bits per heavy atom. The Labute approximate surface area is 73.5 Å². The van der Waals surface area contributed by atoms with Crippen molar-refractivity contribution in [2.75, 3.05) is 18.4 Å².